The Morgan fingerprint density at radius 3 is 2.55 bits per heavy atom. The van der Waals surface area contributed by atoms with Gasteiger partial charge in [-0.1, -0.05) is 35.9 Å². The van der Waals surface area contributed by atoms with E-state index in [0.717, 1.165) is 21.2 Å². The number of amides is 1. The molecule has 0 radical (unpaired) electrons. The maximum absolute atomic E-state index is 12.2. The Morgan fingerprint density at radius 1 is 1.18 bits per heavy atom. The van der Waals surface area contributed by atoms with Crippen molar-refractivity contribution in [3.05, 3.63) is 59.1 Å². The predicted molar refractivity (Wildman–Crippen MR) is 94.6 cm³/mol. The van der Waals surface area contributed by atoms with Gasteiger partial charge in [0.2, 0.25) is 5.91 Å². The van der Waals surface area contributed by atoms with E-state index in [2.05, 4.69) is 5.32 Å². The summed E-state index contributed by atoms with van der Waals surface area (Å²) in [5.41, 5.74) is 1.99. The number of nitrogens with zero attached hydrogens (tertiary/aromatic N) is 1. The van der Waals surface area contributed by atoms with Gasteiger partial charge in [0.15, 0.2) is 0 Å². The van der Waals surface area contributed by atoms with Gasteiger partial charge in [-0.2, -0.15) is 0 Å². The second-order valence-electron chi connectivity index (χ2n) is 5.05. The molecule has 0 saturated carbocycles. The van der Waals surface area contributed by atoms with Gasteiger partial charge in [0, 0.05) is 16.5 Å². The summed E-state index contributed by atoms with van der Waals surface area (Å²) in [4.78, 5) is 15.2. The van der Waals surface area contributed by atoms with Gasteiger partial charge in [-0.3, -0.25) is 9.69 Å². The Morgan fingerprint density at radius 2 is 1.86 bits per heavy atom. The van der Waals surface area contributed by atoms with Crippen LogP contribution >= 0.6 is 23.4 Å². The first kappa shape index (κ1) is 16.9. The minimum Gasteiger partial charge on any atom is -0.324 e. The zero-order valence-electron chi connectivity index (χ0n) is 12.7. The van der Waals surface area contributed by atoms with Crippen LogP contribution in [0.4, 0.5) is 5.69 Å². The Bertz CT molecular complexity index is 631. The Labute approximate surface area is 140 Å². The topological polar surface area (TPSA) is 32.3 Å². The number of hydrogen-bond acceptors (Lipinski definition) is 3. The fraction of sp³-hybridized carbons (Fsp3) is 0.235. The fourth-order valence-electron chi connectivity index (χ4n) is 2.14. The number of carbonyl (C=O) groups is 1. The highest BCUT2D eigenvalue weighted by molar-refractivity contribution is 7.98. The molecule has 1 N–H and O–H groups in total. The third-order valence-electron chi connectivity index (χ3n) is 3.16. The molecule has 1 amide bonds. The summed E-state index contributed by atoms with van der Waals surface area (Å²) in [6, 6.07) is 15.5. The number of nitrogens with one attached hydrogen (secondary N) is 1. The number of rotatable bonds is 6. The summed E-state index contributed by atoms with van der Waals surface area (Å²) in [5, 5.41) is 3.68. The molecule has 116 valence electrons. The summed E-state index contributed by atoms with van der Waals surface area (Å²) in [7, 11) is 1.93. The molecule has 0 aromatic heterocycles. The van der Waals surface area contributed by atoms with Crippen LogP contribution in [0.1, 0.15) is 5.56 Å². The molecule has 0 bridgehead atoms. The van der Waals surface area contributed by atoms with Crippen molar-refractivity contribution in [2.24, 2.45) is 0 Å². The molecule has 0 aliphatic rings. The normalized spacial score (nSPS) is 10.7. The molecule has 0 fully saturated rings. The number of hydrogen-bond donors (Lipinski definition) is 1. The monoisotopic (exact) mass is 334 g/mol. The molecule has 0 aliphatic carbocycles. The van der Waals surface area contributed by atoms with E-state index in [1.807, 2.05) is 66.7 Å². The lowest BCUT2D eigenvalue weighted by Gasteiger charge is -2.17. The van der Waals surface area contributed by atoms with E-state index in [1.165, 1.54) is 0 Å². The van der Waals surface area contributed by atoms with Gasteiger partial charge in [-0.25, -0.2) is 0 Å². The lowest BCUT2D eigenvalue weighted by atomic mass is 10.2. The number of para-hydroxylation sites is 1. The molecule has 3 nitrogen and oxygen atoms in total. The van der Waals surface area contributed by atoms with Crippen molar-refractivity contribution in [1.29, 1.82) is 0 Å². The zero-order valence-corrected chi connectivity index (χ0v) is 14.2. The van der Waals surface area contributed by atoms with Crippen LogP contribution in [0.3, 0.4) is 0 Å². The standard InChI is InChI=1S/C17H19ClN2OS/c1-20(11-13-7-9-14(18)10-8-13)12-17(21)19-15-5-3-4-6-16(15)22-2/h3-10H,11-12H2,1-2H3,(H,19,21). The van der Waals surface area contributed by atoms with E-state index in [0.29, 0.717) is 13.1 Å². The van der Waals surface area contributed by atoms with Crippen LogP contribution < -0.4 is 5.32 Å². The summed E-state index contributed by atoms with van der Waals surface area (Å²) in [6.45, 7) is 1.04. The van der Waals surface area contributed by atoms with Gasteiger partial charge in [0.25, 0.3) is 0 Å². The Kier molecular flexibility index (Phi) is 6.31. The molecule has 0 aliphatic heterocycles. The van der Waals surface area contributed by atoms with Crippen LogP contribution in [-0.4, -0.2) is 30.7 Å². The predicted octanol–water partition coefficient (Wildman–Crippen LogP) is 4.13. The molecule has 0 unspecified atom stereocenters. The van der Waals surface area contributed by atoms with Crippen molar-refractivity contribution in [3.8, 4) is 0 Å². The maximum atomic E-state index is 12.2. The number of halogens is 1. The van der Waals surface area contributed by atoms with Gasteiger partial charge in [-0.05, 0) is 43.1 Å². The fourth-order valence-corrected chi connectivity index (χ4v) is 2.82. The van der Waals surface area contributed by atoms with Gasteiger partial charge >= 0.3 is 0 Å². The smallest absolute Gasteiger partial charge is 0.238 e. The highest BCUT2D eigenvalue weighted by Gasteiger charge is 2.09. The lowest BCUT2D eigenvalue weighted by molar-refractivity contribution is -0.117. The molecule has 0 spiro atoms. The van der Waals surface area contributed by atoms with Crippen LogP contribution in [0, 0.1) is 0 Å². The molecule has 2 aromatic carbocycles. The summed E-state index contributed by atoms with van der Waals surface area (Å²) in [6.07, 6.45) is 2.00. The van der Waals surface area contributed by atoms with Crippen molar-refractivity contribution in [2.75, 3.05) is 25.2 Å². The van der Waals surface area contributed by atoms with E-state index in [9.17, 15) is 4.79 Å². The van der Waals surface area contributed by atoms with Gasteiger partial charge in [0.1, 0.15) is 0 Å². The number of carbonyl (C=O) groups excluding carboxylic acids is 1. The first-order valence-electron chi connectivity index (χ1n) is 6.94. The minimum absolute atomic E-state index is 0.0158. The molecule has 0 heterocycles. The molecule has 2 aromatic rings. The second-order valence-corrected chi connectivity index (χ2v) is 6.33. The van der Waals surface area contributed by atoms with Gasteiger partial charge in [0.05, 0.1) is 12.2 Å². The van der Waals surface area contributed by atoms with Crippen molar-refractivity contribution < 1.29 is 4.79 Å². The van der Waals surface area contributed by atoms with Crippen LogP contribution in [0.5, 0.6) is 0 Å². The minimum atomic E-state index is -0.0158. The maximum Gasteiger partial charge on any atom is 0.238 e. The van der Waals surface area contributed by atoms with Crippen LogP contribution in [0.15, 0.2) is 53.4 Å². The summed E-state index contributed by atoms with van der Waals surface area (Å²) >= 11 is 7.49. The summed E-state index contributed by atoms with van der Waals surface area (Å²) < 4.78 is 0. The number of benzene rings is 2. The number of likely N-dealkylation sites (N-methyl/N-ethyl adjacent to an activating group) is 1. The van der Waals surface area contributed by atoms with Crippen LogP contribution in [0.2, 0.25) is 5.02 Å². The molecule has 0 saturated heterocycles. The quantitative estimate of drug-likeness (QED) is 0.806. The van der Waals surface area contributed by atoms with Crippen molar-refractivity contribution >= 4 is 35.0 Å². The molecular weight excluding hydrogens is 316 g/mol. The van der Waals surface area contributed by atoms with Gasteiger partial charge in [-0.15, -0.1) is 11.8 Å². The van der Waals surface area contributed by atoms with Crippen molar-refractivity contribution in [1.82, 2.24) is 4.90 Å². The van der Waals surface area contributed by atoms with E-state index >= 15 is 0 Å². The summed E-state index contributed by atoms with van der Waals surface area (Å²) in [5.74, 6) is -0.0158. The number of thioether (sulfide) groups is 1. The molecule has 22 heavy (non-hydrogen) atoms. The first-order chi connectivity index (χ1) is 10.6. The Balaban J connectivity index is 1.89. The average Bonchev–Trinajstić information content (AvgIpc) is 2.50. The highest BCUT2D eigenvalue weighted by atomic mass is 35.5. The second kappa shape index (κ2) is 8.22. The van der Waals surface area contributed by atoms with E-state index in [1.54, 1.807) is 11.8 Å². The molecule has 2 rings (SSSR count). The molecule has 0 atom stereocenters. The average molecular weight is 335 g/mol. The van der Waals surface area contributed by atoms with Crippen molar-refractivity contribution in [2.45, 2.75) is 11.4 Å². The molecular formula is C17H19ClN2OS. The largest absolute Gasteiger partial charge is 0.324 e. The van der Waals surface area contributed by atoms with Crippen LogP contribution in [-0.2, 0) is 11.3 Å². The SMILES string of the molecule is CSc1ccccc1NC(=O)CN(C)Cc1ccc(Cl)cc1. The van der Waals surface area contributed by atoms with E-state index in [-0.39, 0.29) is 5.91 Å². The van der Waals surface area contributed by atoms with Crippen LogP contribution in [0.25, 0.3) is 0 Å². The third-order valence-corrected chi connectivity index (χ3v) is 4.21. The number of anilines is 1. The highest BCUT2D eigenvalue weighted by Crippen LogP contribution is 2.24. The first-order valence-corrected chi connectivity index (χ1v) is 8.54. The van der Waals surface area contributed by atoms with E-state index < -0.39 is 0 Å². The Hall–Kier alpha value is -1.49. The molecule has 5 heteroatoms. The zero-order chi connectivity index (χ0) is 15.9. The third kappa shape index (κ3) is 5.05. The lowest BCUT2D eigenvalue weighted by Crippen LogP contribution is -2.29. The van der Waals surface area contributed by atoms with Gasteiger partial charge < -0.3 is 5.32 Å². The van der Waals surface area contributed by atoms with E-state index in [4.69, 9.17) is 11.6 Å². The van der Waals surface area contributed by atoms with Crippen molar-refractivity contribution in [3.63, 3.8) is 0 Å².